The van der Waals surface area contributed by atoms with E-state index in [2.05, 4.69) is 0 Å². The number of benzene rings is 1. The van der Waals surface area contributed by atoms with Crippen molar-refractivity contribution in [2.75, 3.05) is 0 Å². The van der Waals surface area contributed by atoms with Crippen LogP contribution in [-0.2, 0) is 10.2 Å². The number of ketones is 1. The molecule has 0 heterocycles. The lowest BCUT2D eigenvalue weighted by Crippen LogP contribution is -2.40. The fraction of sp³-hybridized carbons (Fsp3) is 0.562. The van der Waals surface area contributed by atoms with Crippen molar-refractivity contribution in [2.45, 2.75) is 51.4 Å². The molecule has 0 aromatic heterocycles. The minimum absolute atomic E-state index is 0.0307. The average molecular weight is 283 g/mol. The maximum Gasteiger partial charge on any atom is 0.145 e. The van der Waals surface area contributed by atoms with E-state index in [9.17, 15) is 9.18 Å². The van der Waals surface area contributed by atoms with Crippen molar-refractivity contribution in [3.63, 3.8) is 0 Å². The van der Waals surface area contributed by atoms with Crippen molar-refractivity contribution < 1.29 is 9.18 Å². The van der Waals surface area contributed by atoms with E-state index in [0.717, 1.165) is 37.7 Å². The molecule has 104 valence electrons. The second-order valence-electron chi connectivity index (χ2n) is 5.79. The minimum Gasteiger partial charge on any atom is -0.298 e. The lowest BCUT2D eigenvalue weighted by atomic mass is 9.64. The summed E-state index contributed by atoms with van der Waals surface area (Å²) in [5.41, 5.74) is 0.297. The van der Waals surface area contributed by atoms with Crippen molar-refractivity contribution >= 4 is 17.4 Å². The first-order valence-electron chi connectivity index (χ1n) is 6.97. The van der Waals surface area contributed by atoms with Gasteiger partial charge in [0.05, 0.1) is 10.4 Å². The number of hydrogen-bond donors (Lipinski definition) is 0. The second kappa shape index (κ2) is 5.62. The van der Waals surface area contributed by atoms with Crippen LogP contribution >= 0.6 is 11.6 Å². The van der Waals surface area contributed by atoms with Gasteiger partial charge in [0.15, 0.2) is 0 Å². The van der Waals surface area contributed by atoms with Crippen LogP contribution < -0.4 is 0 Å². The number of carbonyl (C=O) groups is 1. The largest absolute Gasteiger partial charge is 0.298 e. The van der Waals surface area contributed by atoms with Crippen LogP contribution in [-0.4, -0.2) is 5.78 Å². The van der Waals surface area contributed by atoms with Crippen molar-refractivity contribution in [1.29, 1.82) is 0 Å². The molecule has 0 radical (unpaired) electrons. The third kappa shape index (κ3) is 2.69. The van der Waals surface area contributed by atoms with Crippen molar-refractivity contribution in [2.24, 2.45) is 5.92 Å². The fourth-order valence-corrected chi connectivity index (χ4v) is 3.30. The summed E-state index contributed by atoms with van der Waals surface area (Å²) >= 11 is 5.75. The van der Waals surface area contributed by atoms with Crippen molar-refractivity contribution in [3.8, 4) is 0 Å². The molecule has 1 aromatic rings. The third-order valence-corrected chi connectivity index (χ3v) is 4.48. The van der Waals surface area contributed by atoms with Crippen molar-refractivity contribution in [3.05, 3.63) is 34.6 Å². The molecule has 0 bridgehead atoms. The van der Waals surface area contributed by atoms with E-state index in [0.29, 0.717) is 0 Å². The highest BCUT2D eigenvalue weighted by molar-refractivity contribution is 6.30. The molecule has 0 N–H and O–H groups in total. The first-order chi connectivity index (χ1) is 8.97. The Morgan fingerprint density at radius 2 is 1.89 bits per heavy atom. The van der Waals surface area contributed by atoms with Gasteiger partial charge >= 0.3 is 0 Å². The Kier molecular flexibility index (Phi) is 4.29. The van der Waals surface area contributed by atoms with E-state index in [1.165, 1.54) is 6.07 Å². The molecule has 1 saturated carbocycles. The van der Waals surface area contributed by atoms with Crippen LogP contribution in [0.3, 0.4) is 0 Å². The standard InChI is InChI=1S/C16H20ClFO/c1-11(2)15(19)16(8-4-3-5-9-16)12-6-7-13(17)14(18)10-12/h6-7,10-11H,3-5,8-9H2,1-2H3. The minimum atomic E-state index is -0.502. The summed E-state index contributed by atoms with van der Waals surface area (Å²) in [4.78, 5) is 12.7. The molecule has 3 heteroatoms. The third-order valence-electron chi connectivity index (χ3n) is 4.18. The van der Waals surface area contributed by atoms with Gasteiger partial charge < -0.3 is 0 Å². The average Bonchev–Trinajstić information content (AvgIpc) is 2.41. The summed E-state index contributed by atoms with van der Waals surface area (Å²) in [5, 5.41) is 0.117. The first kappa shape index (κ1) is 14.5. The van der Waals surface area contributed by atoms with Gasteiger partial charge in [-0.2, -0.15) is 0 Å². The smallest absolute Gasteiger partial charge is 0.145 e. The second-order valence-corrected chi connectivity index (χ2v) is 6.20. The van der Waals surface area contributed by atoms with Crippen molar-refractivity contribution in [1.82, 2.24) is 0 Å². The number of carbonyl (C=O) groups excluding carboxylic acids is 1. The Morgan fingerprint density at radius 1 is 1.26 bits per heavy atom. The predicted octanol–water partition coefficient (Wildman–Crippen LogP) is 4.91. The molecule has 1 aliphatic rings. The zero-order chi connectivity index (χ0) is 14.0. The Morgan fingerprint density at radius 3 is 2.42 bits per heavy atom. The molecule has 0 unspecified atom stereocenters. The Hall–Kier alpha value is -0.890. The van der Waals surface area contributed by atoms with Gasteiger partial charge in [-0.15, -0.1) is 0 Å². The number of halogens is 2. The molecule has 0 amide bonds. The molecule has 0 atom stereocenters. The summed E-state index contributed by atoms with van der Waals surface area (Å²) < 4.78 is 13.7. The van der Waals surface area contributed by atoms with Gasteiger partial charge in [0.25, 0.3) is 0 Å². The maximum absolute atomic E-state index is 13.7. The quantitative estimate of drug-likeness (QED) is 0.770. The van der Waals surface area contributed by atoms with E-state index < -0.39 is 11.2 Å². The molecule has 0 saturated heterocycles. The molecule has 2 rings (SSSR count). The Labute approximate surface area is 119 Å². The van der Waals surface area contributed by atoms with E-state index in [1.807, 2.05) is 19.9 Å². The number of rotatable bonds is 3. The van der Waals surface area contributed by atoms with Crippen LogP contribution in [0.5, 0.6) is 0 Å². The molecule has 1 aliphatic carbocycles. The van der Waals surface area contributed by atoms with Crippen LogP contribution in [0.25, 0.3) is 0 Å². The summed E-state index contributed by atoms with van der Waals surface area (Å²) in [6.45, 7) is 3.84. The lowest BCUT2D eigenvalue weighted by Gasteiger charge is -2.37. The molecule has 1 nitrogen and oxygen atoms in total. The molecular weight excluding hydrogens is 263 g/mol. The predicted molar refractivity (Wildman–Crippen MR) is 76.0 cm³/mol. The molecule has 1 aromatic carbocycles. The van der Waals surface area contributed by atoms with Crippen LogP contribution in [0.1, 0.15) is 51.5 Å². The van der Waals surface area contributed by atoms with Gasteiger partial charge in [-0.1, -0.05) is 50.8 Å². The van der Waals surface area contributed by atoms with Crippen LogP contribution in [0.15, 0.2) is 18.2 Å². The lowest BCUT2D eigenvalue weighted by molar-refractivity contribution is -0.128. The number of Topliss-reactive ketones (excluding diaryl/α,β-unsaturated/α-hetero) is 1. The van der Waals surface area contributed by atoms with Crippen LogP contribution in [0, 0.1) is 11.7 Å². The molecule has 19 heavy (non-hydrogen) atoms. The van der Waals surface area contributed by atoms with Gasteiger partial charge in [0, 0.05) is 5.92 Å². The molecular formula is C16H20ClFO. The van der Waals surface area contributed by atoms with Crippen LogP contribution in [0.2, 0.25) is 5.02 Å². The van der Waals surface area contributed by atoms with Gasteiger partial charge in [0.1, 0.15) is 11.6 Å². The van der Waals surface area contributed by atoms with Gasteiger partial charge in [-0.3, -0.25) is 4.79 Å². The summed E-state index contributed by atoms with van der Waals surface area (Å²) in [6.07, 6.45) is 4.87. The van der Waals surface area contributed by atoms with E-state index in [-0.39, 0.29) is 16.7 Å². The highest BCUT2D eigenvalue weighted by Gasteiger charge is 2.41. The normalized spacial score (nSPS) is 18.6. The topological polar surface area (TPSA) is 17.1 Å². The Balaban J connectivity index is 2.47. The highest BCUT2D eigenvalue weighted by Crippen LogP contribution is 2.42. The summed E-state index contributed by atoms with van der Waals surface area (Å²) in [6, 6.07) is 4.83. The molecule has 1 fully saturated rings. The maximum atomic E-state index is 13.7. The van der Waals surface area contributed by atoms with Gasteiger partial charge in [-0.25, -0.2) is 4.39 Å². The first-order valence-corrected chi connectivity index (χ1v) is 7.35. The Bertz CT molecular complexity index is 476. The zero-order valence-corrected chi connectivity index (χ0v) is 12.3. The SMILES string of the molecule is CC(C)C(=O)C1(c2ccc(Cl)c(F)c2)CCCCC1. The van der Waals surface area contributed by atoms with E-state index >= 15 is 0 Å². The highest BCUT2D eigenvalue weighted by atomic mass is 35.5. The number of hydrogen-bond acceptors (Lipinski definition) is 1. The van der Waals surface area contributed by atoms with E-state index in [1.54, 1.807) is 6.07 Å². The fourth-order valence-electron chi connectivity index (χ4n) is 3.18. The molecule has 0 spiro atoms. The van der Waals surface area contributed by atoms with Gasteiger partial charge in [0.2, 0.25) is 0 Å². The van der Waals surface area contributed by atoms with Crippen LogP contribution in [0.4, 0.5) is 4.39 Å². The monoisotopic (exact) mass is 282 g/mol. The van der Waals surface area contributed by atoms with Gasteiger partial charge in [-0.05, 0) is 30.5 Å². The molecule has 0 aliphatic heterocycles. The zero-order valence-electron chi connectivity index (χ0n) is 11.5. The summed E-state index contributed by atoms with van der Waals surface area (Å²) in [5.74, 6) is -0.230. The van der Waals surface area contributed by atoms with E-state index in [4.69, 9.17) is 11.6 Å². The summed E-state index contributed by atoms with van der Waals surface area (Å²) in [7, 11) is 0.